The van der Waals surface area contributed by atoms with E-state index >= 15 is 0 Å². The molecule has 1 fully saturated rings. The number of carbonyl (C=O) groups is 1. The zero-order valence-corrected chi connectivity index (χ0v) is 13.7. The molecule has 1 aromatic carbocycles. The molecular weight excluding hydrogens is 292 g/mol. The van der Waals surface area contributed by atoms with Crippen molar-refractivity contribution in [2.45, 2.75) is 44.6 Å². The van der Waals surface area contributed by atoms with Gasteiger partial charge in [-0.3, -0.25) is 4.79 Å². The number of amides is 1. The third kappa shape index (κ3) is 3.78. The monoisotopic (exact) mass is 318 g/mol. The van der Waals surface area contributed by atoms with Gasteiger partial charge in [0.25, 0.3) is 0 Å². The van der Waals surface area contributed by atoms with Crippen molar-refractivity contribution in [3.05, 3.63) is 23.8 Å². The van der Waals surface area contributed by atoms with Crippen LogP contribution in [0.5, 0.6) is 11.5 Å². The van der Waals surface area contributed by atoms with Gasteiger partial charge in [-0.2, -0.15) is 0 Å². The van der Waals surface area contributed by atoms with E-state index < -0.39 is 0 Å². The molecule has 3 unspecified atom stereocenters. The molecule has 1 aromatic rings. The van der Waals surface area contributed by atoms with E-state index in [2.05, 4.69) is 12.2 Å². The van der Waals surface area contributed by atoms with Crippen molar-refractivity contribution in [2.75, 3.05) is 19.8 Å². The zero-order chi connectivity index (χ0) is 16.2. The SMILES string of the molecule is CCCCC(CN)NC(=O)C1CC1c1ccc2c(c1)OCCO2. The van der Waals surface area contributed by atoms with Crippen molar-refractivity contribution >= 4 is 5.91 Å². The highest BCUT2D eigenvalue weighted by molar-refractivity contribution is 5.83. The first-order valence-electron chi connectivity index (χ1n) is 8.63. The van der Waals surface area contributed by atoms with Gasteiger partial charge in [0.1, 0.15) is 13.2 Å². The van der Waals surface area contributed by atoms with Gasteiger partial charge in [-0.1, -0.05) is 25.8 Å². The number of benzene rings is 1. The highest BCUT2D eigenvalue weighted by Gasteiger charge is 2.44. The predicted octanol–water partition coefficient (Wildman–Crippen LogP) is 2.20. The van der Waals surface area contributed by atoms with Crippen molar-refractivity contribution in [1.82, 2.24) is 5.32 Å². The van der Waals surface area contributed by atoms with Crippen LogP contribution in [-0.4, -0.2) is 31.7 Å². The summed E-state index contributed by atoms with van der Waals surface area (Å²) in [6.07, 6.45) is 4.07. The Balaban J connectivity index is 1.57. The Hall–Kier alpha value is -1.75. The summed E-state index contributed by atoms with van der Waals surface area (Å²) in [7, 11) is 0. The molecule has 1 amide bonds. The Morgan fingerprint density at radius 2 is 2.13 bits per heavy atom. The summed E-state index contributed by atoms with van der Waals surface area (Å²) >= 11 is 0. The lowest BCUT2D eigenvalue weighted by molar-refractivity contribution is -0.123. The molecule has 5 nitrogen and oxygen atoms in total. The first-order valence-corrected chi connectivity index (χ1v) is 8.63. The van der Waals surface area contributed by atoms with Crippen molar-refractivity contribution in [3.63, 3.8) is 0 Å². The highest BCUT2D eigenvalue weighted by Crippen LogP contribution is 2.49. The summed E-state index contributed by atoms with van der Waals surface area (Å²) in [6.45, 7) is 3.83. The van der Waals surface area contributed by atoms with E-state index in [0.29, 0.717) is 19.8 Å². The minimum Gasteiger partial charge on any atom is -0.486 e. The van der Waals surface area contributed by atoms with Gasteiger partial charge in [0, 0.05) is 18.5 Å². The molecule has 0 saturated heterocycles. The number of ether oxygens (including phenoxy) is 2. The molecule has 3 N–H and O–H groups in total. The molecule has 5 heteroatoms. The molecule has 23 heavy (non-hydrogen) atoms. The van der Waals surface area contributed by atoms with Crippen LogP contribution in [0, 0.1) is 5.92 Å². The number of unbranched alkanes of at least 4 members (excludes halogenated alkanes) is 1. The summed E-state index contributed by atoms with van der Waals surface area (Å²) in [5.74, 6) is 2.08. The molecule has 1 heterocycles. The summed E-state index contributed by atoms with van der Waals surface area (Å²) in [5.41, 5.74) is 6.92. The van der Waals surface area contributed by atoms with Crippen LogP contribution in [0.25, 0.3) is 0 Å². The lowest BCUT2D eigenvalue weighted by Crippen LogP contribution is -2.41. The van der Waals surface area contributed by atoms with E-state index in [1.54, 1.807) is 0 Å². The van der Waals surface area contributed by atoms with Gasteiger partial charge >= 0.3 is 0 Å². The van der Waals surface area contributed by atoms with Crippen LogP contribution in [0.3, 0.4) is 0 Å². The number of nitrogens with one attached hydrogen (secondary N) is 1. The van der Waals surface area contributed by atoms with Crippen LogP contribution < -0.4 is 20.5 Å². The van der Waals surface area contributed by atoms with E-state index in [0.717, 1.165) is 42.7 Å². The van der Waals surface area contributed by atoms with Crippen LogP contribution in [0.2, 0.25) is 0 Å². The van der Waals surface area contributed by atoms with Crippen molar-refractivity contribution in [2.24, 2.45) is 11.7 Å². The maximum Gasteiger partial charge on any atom is 0.224 e. The summed E-state index contributed by atoms with van der Waals surface area (Å²) in [6, 6.07) is 6.11. The molecule has 3 atom stereocenters. The van der Waals surface area contributed by atoms with Crippen molar-refractivity contribution in [3.8, 4) is 11.5 Å². The molecule has 1 saturated carbocycles. The van der Waals surface area contributed by atoms with Crippen molar-refractivity contribution < 1.29 is 14.3 Å². The third-order valence-corrected chi connectivity index (χ3v) is 4.66. The third-order valence-electron chi connectivity index (χ3n) is 4.66. The predicted molar refractivity (Wildman–Crippen MR) is 88.8 cm³/mol. The molecule has 0 bridgehead atoms. The first kappa shape index (κ1) is 16.1. The lowest BCUT2D eigenvalue weighted by Gasteiger charge is -2.19. The summed E-state index contributed by atoms with van der Waals surface area (Å²) in [4.78, 5) is 12.4. The fourth-order valence-electron chi connectivity index (χ4n) is 3.15. The van der Waals surface area contributed by atoms with E-state index in [4.69, 9.17) is 15.2 Å². The molecule has 0 aromatic heterocycles. The highest BCUT2D eigenvalue weighted by atomic mass is 16.6. The van der Waals surface area contributed by atoms with Gasteiger partial charge in [0.2, 0.25) is 5.91 Å². The Kier molecular flexibility index (Phi) is 5.06. The Bertz CT molecular complexity index is 561. The summed E-state index contributed by atoms with van der Waals surface area (Å²) in [5, 5.41) is 3.11. The first-order chi connectivity index (χ1) is 11.2. The van der Waals surface area contributed by atoms with Crippen molar-refractivity contribution in [1.29, 1.82) is 0 Å². The molecule has 126 valence electrons. The van der Waals surface area contributed by atoms with Crippen LogP contribution in [0.15, 0.2) is 18.2 Å². The molecular formula is C18H26N2O3. The van der Waals surface area contributed by atoms with Crippen LogP contribution in [0.1, 0.15) is 44.1 Å². The number of carbonyl (C=O) groups excluding carboxylic acids is 1. The molecule has 0 spiro atoms. The van der Waals surface area contributed by atoms with Crippen LogP contribution >= 0.6 is 0 Å². The van der Waals surface area contributed by atoms with Gasteiger partial charge in [-0.05, 0) is 36.5 Å². The molecule has 1 aliphatic carbocycles. The lowest BCUT2D eigenvalue weighted by atomic mass is 10.1. The molecule has 3 rings (SSSR count). The van der Waals surface area contributed by atoms with Gasteiger partial charge < -0.3 is 20.5 Å². The normalized spacial score (nSPS) is 23.2. The second-order valence-electron chi connectivity index (χ2n) is 6.44. The zero-order valence-electron chi connectivity index (χ0n) is 13.7. The minimum atomic E-state index is 0.0632. The van der Waals surface area contributed by atoms with Crippen LogP contribution in [-0.2, 0) is 4.79 Å². The molecule has 1 aliphatic heterocycles. The van der Waals surface area contributed by atoms with Crippen LogP contribution in [0.4, 0.5) is 0 Å². The minimum absolute atomic E-state index is 0.0632. The Morgan fingerprint density at radius 3 is 2.87 bits per heavy atom. The van der Waals surface area contributed by atoms with Gasteiger partial charge in [-0.25, -0.2) is 0 Å². The number of nitrogens with two attached hydrogens (primary N) is 1. The smallest absolute Gasteiger partial charge is 0.224 e. The van der Waals surface area contributed by atoms with Gasteiger partial charge in [-0.15, -0.1) is 0 Å². The average Bonchev–Trinajstić information content (AvgIpc) is 3.39. The topological polar surface area (TPSA) is 73.6 Å². The summed E-state index contributed by atoms with van der Waals surface area (Å²) < 4.78 is 11.2. The Morgan fingerprint density at radius 1 is 1.35 bits per heavy atom. The number of hydrogen-bond donors (Lipinski definition) is 2. The average molecular weight is 318 g/mol. The second-order valence-corrected chi connectivity index (χ2v) is 6.44. The standard InChI is InChI=1S/C18H26N2O3/c1-2-3-4-13(11-19)20-18(21)15-10-14(15)12-5-6-16-17(9-12)23-8-7-22-16/h5-6,9,13-15H,2-4,7-8,10-11,19H2,1H3,(H,20,21). The fourth-order valence-corrected chi connectivity index (χ4v) is 3.15. The van der Waals surface area contributed by atoms with E-state index in [9.17, 15) is 4.79 Å². The van der Waals surface area contributed by atoms with E-state index in [1.807, 2.05) is 18.2 Å². The fraction of sp³-hybridized carbons (Fsp3) is 0.611. The van der Waals surface area contributed by atoms with E-state index in [1.165, 1.54) is 0 Å². The quantitative estimate of drug-likeness (QED) is 0.808. The molecule has 0 radical (unpaired) electrons. The Labute approximate surface area is 137 Å². The number of rotatable bonds is 7. The second kappa shape index (κ2) is 7.21. The van der Waals surface area contributed by atoms with E-state index in [-0.39, 0.29) is 23.8 Å². The number of hydrogen-bond acceptors (Lipinski definition) is 4. The largest absolute Gasteiger partial charge is 0.486 e. The molecule has 2 aliphatic rings. The van der Waals surface area contributed by atoms with Gasteiger partial charge in [0.15, 0.2) is 11.5 Å². The maximum atomic E-state index is 12.4. The number of fused-ring (bicyclic) bond motifs is 1. The van der Waals surface area contributed by atoms with Gasteiger partial charge in [0.05, 0.1) is 0 Å². The maximum absolute atomic E-state index is 12.4.